The van der Waals surface area contributed by atoms with Gasteiger partial charge in [0.2, 0.25) is 5.91 Å². The molecule has 0 bridgehead atoms. The van der Waals surface area contributed by atoms with E-state index in [1.165, 1.54) is 19.3 Å². The maximum Gasteiger partial charge on any atom is 0.251 e. The van der Waals surface area contributed by atoms with Gasteiger partial charge in [0.25, 0.3) is 5.91 Å². The molecule has 2 aromatic carbocycles. The molecule has 28 heavy (non-hydrogen) atoms. The molecule has 4 rings (SSSR count). The first-order chi connectivity index (χ1) is 13.6. The van der Waals surface area contributed by atoms with E-state index in [9.17, 15) is 9.59 Å². The van der Waals surface area contributed by atoms with Crippen molar-refractivity contribution >= 4 is 22.6 Å². The van der Waals surface area contributed by atoms with Gasteiger partial charge in [0.05, 0.1) is 0 Å². The van der Waals surface area contributed by atoms with Crippen LogP contribution in [0.3, 0.4) is 0 Å². The van der Waals surface area contributed by atoms with Gasteiger partial charge in [-0.05, 0) is 66.8 Å². The van der Waals surface area contributed by atoms with Gasteiger partial charge in [-0.2, -0.15) is 0 Å². The first-order valence-electron chi connectivity index (χ1n) is 10.7. The third-order valence-electron chi connectivity index (χ3n) is 6.54. The number of piperidine rings is 1. The zero-order valence-corrected chi connectivity index (χ0v) is 16.7. The summed E-state index contributed by atoms with van der Waals surface area (Å²) in [6, 6.07) is 14.2. The summed E-state index contributed by atoms with van der Waals surface area (Å²) in [6.07, 6.45) is 6.39. The van der Waals surface area contributed by atoms with Crippen LogP contribution in [0.15, 0.2) is 42.5 Å². The summed E-state index contributed by atoms with van der Waals surface area (Å²) in [5.74, 6) is 1.55. The van der Waals surface area contributed by atoms with Gasteiger partial charge in [0.15, 0.2) is 0 Å². The minimum absolute atomic E-state index is 0.110. The maximum atomic E-state index is 12.8. The lowest BCUT2D eigenvalue weighted by molar-refractivity contribution is -0.137. The number of carbonyl (C=O) groups is 2. The molecule has 1 saturated carbocycles. The molecule has 0 spiro atoms. The van der Waals surface area contributed by atoms with E-state index in [0.29, 0.717) is 30.5 Å². The summed E-state index contributed by atoms with van der Waals surface area (Å²) < 4.78 is 0. The lowest BCUT2D eigenvalue weighted by Gasteiger charge is -2.45. The van der Waals surface area contributed by atoms with Crippen molar-refractivity contribution in [1.82, 2.24) is 10.2 Å². The van der Waals surface area contributed by atoms with Gasteiger partial charge in [0, 0.05) is 31.1 Å². The Kier molecular flexibility index (Phi) is 5.65. The van der Waals surface area contributed by atoms with Gasteiger partial charge in [-0.1, -0.05) is 37.3 Å². The molecular weight excluding hydrogens is 348 g/mol. The lowest BCUT2D eigenvalue weighted by atomic mass is 9.74. The highest BCUT2D eigenvalue weighted by atomic mass is 16.2. The van der Waals surface area contributed by atoms with Crippen molar-refractivity contribution in [2.75, 3.05) is 13.1 Å². The zero-order chi connectivity index (χ0) is 19.5. The first-order valence-corrected chi connectivity index (χ1v) is 10.7. The Labute approximate surface area is 167 Å². The summed E-state index contributed by atoms with van der Waals surface area (Å²) in [7, 11) is 0. The van der Waals surface area contributed by atoms with Gasteiger partial charge in [-0.25, -0.2) is 0 Å². The van der Waals surface area contributed by atoms with E-state index >= 15 is 0 Å². The molecule has 4 heteroatoms. The first kappa shape index (κ1) is 19.0. The topological polar surface area (TPSA) is 49.4 Å². The number of carbonyl (C=O) groups excluding carboxylic acids is 2. The van der Waals surface area contributed by atoms with Crippen LogP contribution in [0.5, 0.6) is 0 Å². The number of amides is 2. The van der Waals surface area contributed by atoms with E-state index in [-0.39, 0.29) is 11.8 Å². The Bertz CT molecular complexity index is 863. The zero-order valence-electron chi connectivity index (χ0n) is 16.7. The third-order valence-corrected chi connectivity index (χ3v) is 6.54. The molecule has 0 radical (unpaired) electrons. The molecule has 1 N–H and O–H groups in total. The number of rotatable bonds is 4. The molecule has 4 nitrogen and oxygen atoms in total. The monoisotopic (exact) mass is 378 g/mol. The number of likely N-dealkylation sites (tertiary alicyclic amines) is 1. The normalized spacial score (nSPS) is 24.6. The summed E-state index contributed by atoms with van der Waals surface area (Å²) in [5, 5.41) is 5.10. The van der Waals surface area contributed by atoms with E-state index in [1.54, 1.807) is 0 Å². The number of benzene rings is 2. The lowest BCUT2D eigenvalue weighted by Crippen LogP contribution is -2.51. The number of nitrogens with zero attached hydrogens (tertiary/aromatic N) is 1. The molecule has 148 valence electrons. The van der Waals surface area contributed by atoms with Gasteiger partial charge in [-0.3, -0.25) is 9.59 Å². The van der Waals surface area contributed by atoms with Crippen molar-refractivity contribution in [3.05, 3.63) is 48.0 Å². The Balaban J connectivity index is 1.31. The summed E-state index contributed by atoms with van der Waals surface area (Å²) in [5.41, 5.74) is 0.644. The van der Waals surface area contributed by atoms with Gasteiger partial charge < -0.3 is 10.2 Å². The number of hydrogen-bond acceptors (Lipinski definition) is 2. The van der Waals surface area contributed by atoms with Crippen LogP contribution >= 0.6 is 0 Å². The molecule has 1 aliphatic heterocycles. The molecule has 3 atom stereocenters. The van der Waals surface area contributed by atoms with Crippen LogP contribution in [0, 0.1) is 11.8 Å². The number of nitrogens with one attached hydrogen (secondary N) is 1. The van der Waals surface area contributed by atoms with Gasteiger partial charge in [-0.15, -0.1) is 0 Å². The Morgan fingerprint density at radius 1 is 1.07 bits per heavy atom. The molecule has 0 aromatic heterocycles. The van der Waals surface area contributed by atoms with Crippen LogP contribution < -0.4 is 5.32 Å². The molecule has 2 amide bonds. The fourth-order valence-electron chi connectivity index (χ4n) is 5.06. The Morgan fingerprint density at radius 3 is 2.75 bits per heavy atom. The average Bonchev–Trinajstić information content (AvgIpc) is 2.72. The minimum atomic E-state index is -0.110. The van der Waals surface area contributed by atoms with Crippen LogP contribution in [0.2, 0.25) is 0 Å². The maximum absolute atomic E-state index is 12.8. The van der Waals surface area contributed by atoms with Crippen LogP contribution in [0.4, 0.5) is 0 Å². The minimum Gasteiger partial charge on any atom is -0.352 e. The fourth-order valence-corrected chi connectivity index (χ4v) is 5.06. The van der Waals surface area contributed by atoms with E-state index in [2.05, 4.69) is 17.1 Å². The highest BCUT2D eigenvalue weighted by molar-refractivity contribution is 5.98. The summed E-state index contributed by atoms with van der Waals surface area (Å²) in [4.78, 5) is 27.4. The van der Waals surface area contributed by atoms with Crippen molar-refractivity contribution < 1.29 is 9.59 Å². The molecule has 2 aromatic rings. The molecular formula is C24H30N2O2. The smallest absolute Gasteiger partial charge is 0.251 e. The highest BCUT2D eigenvalue weighted by Crippen LogP contribution is 2.38. The van der Waals surface area contributed by atoms with E-state index in [0.717, 1.165) is 36.1 Å². The standard InChI is InChI=1S/C24H30N2O2/c1-17-8-11-22-20(15-17)7-4-14-26(22)23(27)12-13-25-24(28)21-10-9-18-5-2-3-6-19(18)16-21/h2-3,5-6,9-10,16-17,20,22H,4,7-8,11-15H2,1H3,(H,25,28). The second-order valence-corrected chi connectivity index (χ2v) is 8.54. The average molecular weight is 379 g/mol. The van der Waals surface area contributed by atoms with Crippen LogP contribution in [-0.4, -0.2) is 35.8 Å². The predicted octanol–water partition coefficient (Wildman–Crippen LogP) is 4.39. The van der Waals surface area contributed by atoms with Crippen LogP contribution in [0.1, 0.15) is 55.8 Å². The molecule has 3 unspecified atom stereocenters. The van der Waals surface area contributed by atoms with E-state index in [1.807, 2.05) is 42.5 Å². The van der Waals surface area contributed by atoms with Crippen molar-refractivity contribution in [3.8, 4) is 0 Å². The van der Waals surface area contributed by atoms with Crippen molar-refractivity contribution in [2.45, 2.75) is 51.5 Å². The molecule has 1 saturated heterocycles. The summed E-state index contributed by atoms with van der Waals surface area (Å²) in [6.45, 7) is 3.61. The SMILES string of the molecule is CC1CCC2C(CCCN2C(=O)CCNC(=O)c2ccc3ccccc3c2)C1. The largest absolute Gasteiger partial charge is 0.352 e. The van der Waals surface area contributed by atoms with Gasteiger partial charge in [0.1, 0.15) is 0 Å². The molecule has 2 fully saturated rings. The van der Waals surface area contributed by atoms with E-state index in [4.69, 9.17) is 0 Å². The third kappa shape index (κ3) is 4.06. The quantitative estimate of drug-likeness (QED) is 0.858. The molecule has 1 aliphatic carbocycles. The van der Waals surface area contributed by atoms with Crippen LogP contribution in [0.25, 0.3) is 10.8 Å². The molecule has 2 aliphatic rings. The van der Waals surface area contributed by atoms with Crippen molar-refractivity contribution in [1.29, 1.82) is 0 Å². The fraction of sp³-hybridized carbons (Fsp3) is 0.500. The van der Waals surface area contributed by atoms with Crippen LogP contribution in [-0.2, 0) is 4.79 Å². The highest BCUT2D eigenvalue weighted by Gasteiger charge is 2.37. The molecule has 1 heterocycles. The summed E-state index contributed by atoms with van der Waals surface area (Å²) >= 11 is 0. The van der Waals surface area contributed by atoms with Crippen molar-refractivity contribution in [3.63, 3.8) is 0 Å². The second-order valence-electron chi connectivity index (χ2n) is 8.54. The number of fused-ring (bicyclic) bond motifs is 2. The van der Waals surface area contributed by atoms with E-state index < -0.39 is 0 Å². The Morgan fingerprint density at radius 2 is 1.89 bits per heavy atom. The predicted molar refractivity (Wildman–Crippen MR) is 112 cm³/mol. The van der Waals surface area contributed by atoms with Gasteiger partial charge >= 0.3 is 0 Å². The second kappa shape index (κ2) is 8.34. The Hall–Kier alpha value is -2.36. The van der Waals surface area contributed by atoms with Crippen molar-refractivity contribution in [2.24, 2.45) is 11.8 Å². The number of hydrogen-bond donors (Lipinski definition) is 1.